The number of carbonyl (C=O) groups is 1. The summed E-state index contributed by atoms with van der Waals surface area (Å²) in [6.07, 6.45) is 3.55. The standard InChI is InChI=1S/C19H18FN3OS/c1-14-3-2-4-17(11-14)22-18(24)13-25-19-21-9-10-23(19)12-15-5-7-16(20)8-6-15/h2-11H,12-13H2,1H3,(H,22,24). The van der Waals surface area contributed by atoms with Crippen LogP contribution in [0.25, 0.3) is 0 Å². The van der Waals surface area contributed by atoms with Crippen LogP contribution in [0.2, 0.25) is 0 Å². The Morgan fingerprint density at radius 1 is 1.24 bits per heavy atom. The van der Waals surface area contributed by atoms with Gasteiger partial charge in [0.05, 0.1) is 5.75 Å². The molecule has 0 saturated carbocycles. The second kappa shape index (κ2) is 7.98. The summed E-state index contributed by atoms with van der Waals surface area (Å²) < 4.78 is 14.9. The topological polar surface area (TPSA) is 46.9 Å². The summed E-state index contributed by atoms with van der Waals surface area (Å²) in [6.45, 7) is 2.57. The molecule has 1 aromatic heterocycles. The van der Waals surface area contributed by atoms with Crippen LogP contribution in [0.15, 0.2) is 66.1 Å². The highest BCUT2D eigenvalue weighted by Gasteiger charge is 2.09. The molecular formula is C19H18FN3OS. The summed E-state index contributed by atoms with van der Waals surface area (Å²) >= 11 is 1.37. The van der Waals surface area contributed by atoms with Gasteiger partial charge in [-0.15, -0.1) is 0 Å². The first kappa shape index (κ1) is 17.2. The van der Waals surface area contributed by atoms with E-state index in [1.807, 2.05) is 42.0 Å². The van der Waals surface area contributed by atoms with Crippen LogP contribution in [0.5, 0.6) is 0 Å². The Labute approximate surface area is 150 Å². The van der Waals surface area contributed by atoms with Gasteiger partial charge in [-0.3, -0.25) is 4.79 Å². The van der Waals surface area contributed by atoms with E-state index in [0.29, 0.717) is 6.54 Å². The number of thioether (sulfide) groups is 1. The Hall–Kier alpha value is -2.60. The van der Waals surface area contributed by atoms with Gasteiger partial charge in [-0.05, 0) is 42.3 Å². The van der Waals surface area contributed by atoms with Crippen LogP contribution in [-0.2, 0) is 11.3 Å². The fourth-order valence-electron chi connectivity index (χ4n) is 2.39. The molecule has 6 heteroatoms. The van der Waals surface area contributed by atoms with Gasteiger partial charge in [0, 0.05) is 24.6 Å². The molecule has 1 heterocycles. The molecule has 0 radical (unpaired) electrons. The molecule has 0 aliphatic rings. The summed E-state index contributed by atoms with van der Waals surface area (Å²) in [6, 6.07) is 14.1. The van der Waals surface area contributed by atoms with E-state index in [0.717, 1.165) is 22.0 Å². The number of aromatic nitrogens is 2. The summed E-state index contributed by atoms with van der Waals surface area (Å²) in [7, 11) is 0. The zero-order chi connectivity index (χ0) is 17.6. The summed E-state index contributed by atoms with van der Waals surface area (Å²) in [5, 5.41) is 3.64. The Morgan fingerprint density at radius 2 is 2.04 bits per heavy atom. The first-order valence-electron chi connectivity index (χ1n) is 7.85. The molecule has 4 nitrogen and oxygen atoms in total. The van der Waals surface area contributed by atoms with Crippen LogP contribution in [0.1, 0.15) is 11.1 Å². The van der Waals surface area contributed by atoms with Gasteiger partial charge in [-0.2, -0.15) is 0 Å². The highest BCUT2D eigenvalue weighted by Crippen LogP contribution is 2.18. The first-order chi connectivity index (χ1) is 12.1. The Balaban J connectivity index is 1.57. The maximum absolute atomic E-state index is 13.0. The van der Waals surface area contributed by atoms with E-state index >= 15 is 0 Å². The van der Waals surface area contributed by atoms with Crippen molar-refractivity contribution in [1.82, 2.24) is 9.55 Å². The zero-order valence-corrected chi connectivity index (χ0v) is 14.6. The van der Waals surface area contributed by atoms with Crippen molar-refractivity contribution in [1.29, 1.82) is 0 Å². The van der Waals surface area contributed by atoms with E-state index in [4.69, 9.17) is 0 Å². The van der Waals surface area contributed by atoms with Crippen molar-refractivity contribution in [2.45, 2.75) is 18.6 Å². The van der Waals surface area contributed by atoms with Gasteiger partial charge in [0.25, 0.3) is 0 Å². The third-order valence-electron chi connectivity index (χ3n) is 3.58. The van der Waals surface area contributed by atoms with Gasteiger partial charge in [0.15, 0.2) is 5.16 Å². The quantitative estimate of drug-likeness (QED) is 0.677. The Kier molecular flexibility index (Phi) is 5.50. The molecule has 128 valence electrons. The van der Waals surface area contributed by atoms with Gasteiger partial charge in [0.2, 0.25) is 5.91 Å². The number of hydrogen-bond acceptors (Lipinski definition) is 3. The number of nitrogens with one attached hydrogen (secondary N) is 1. The number of amides is 1. The number of imidazole rings is 1. The third-order valence-corrected chi connectivity index (χ3v) is 4.58. The molecule has 1 N–H and O–H groups in total. The highest BCUT2D eigenvalue weighted by atomic mass is 32.2. The molecule has 1 amide bonds. The lowest BCUT2D eigenvalue weighted by molar-refractivity contribution is -0.113. The number of carbonyl (C=O) groups excluding carboxylic acids is 1. The molecule has 0 bridgehead atoms. The van der Waals surface area contributed by atoms with E-state index in [1.54, 1.807) is 18.3 Å². The van der Waals surface area contributed by atoms with Crippen molar-refractivity contribution in [3.8, 4) is 0 Å². The highest BCUT2D eigenvalue weighted by molar-refractivity contribution is 7.99. The molecule has 25 heavy (non-hydrogen) atoms. The fraction of sp³-hybridized carbons (Fsp3) is 0.158. The third kappa shape index (κ3) is 4.93. The smallest absolute Gasteiger partial charge is 0.234 e. The molecule has 0 unspecified atom stereocenters. The van der Waals surface area contributed by atoms with Crippen molar-refractivity contribution in [2.24, 2.45) is 0 Å². The SMILES string of the molecule is Cc1cccc(NC(=O)CSc2nccn2Cc2ccc(F)cc2)c1. The molecule has 0 fully saturated rings. The molecule has 0 spiro atoms. The van der Waals surface area contributed by atoms with Gasteiger partial charge in [-0.1, -0.05) is 36.0 Å². The minimum atomic E-state index is -0.253. The van der Waals surface area contributed by atoms with Gasteiger partial charge < -0.3 is 9.88 Å². The van der Waals surface area contributed by atoms with Gasteiger partial charge in [-0.25, -0.2) is 9.37 Å². The number of hydrogen-bond donors (Lipinski definition) is 1. The van der Waals surface area contributed by atoms with Crippen molar-refractivity contribution < 1.29 is 9.18 Å². The molecule has 0 atom stereocenters. The number of benzene rings is 2. The van der Waals surface area contributed by atoms with E-state index in [9.17, 15) is 9.18 Å². The average Bonchev–Trinajstić information content (AvgIpc) is 3.02. The summed E-state index contributed by atoms with van der Waals surface area (Å²) in [4.78, 5) is 16.4. The predicted molar refractivity (Wildman–Crippen MR) is 98.3 cm³/mol. The van der Waals surface area contributed by atoms with Crippen molar-refractivity contribution in [3.63, 3.8) is 0 Å². The molecule has 2 aromatic carbocycles. The normalized spacial score (nSPS) is 10.6. The van der Waals surface area contributed by atoms with E-state index in [2.05, 4.69) is 10.3 Å². The lowest BCUT2D eigenvalue weighted by atomic mass is 10.2. The second-order valence-corrected chi connectivity index (χ2v) is 6.61. The van der Waals surface area contributed by atoms with E-state index in [-0.39, 0.29) is 17.5 Å². The molecule has 0 aliphatic carbocycles. The monoisotopic (exact) mass is 355 g/mol. The number of anilines is 1. The van der Waals surface area contributed by atoms with Gasteiger partial charge >= 0.3 is 0 Å². The molecular weight excluding hydrogens is 337 g/mol. The van der Waals surface area contributed by atoms with E-state index in [1.165, 1.54) is 23.9 Å². The Bertz CT molecular complexity index is 861. The summed E-state index contributed by atoms with van der Waals surface area (Å²) in [5.74, 6) is -0.0577. The average molecular weight is 355 g/mol. The lowest BCUT2D eigenvalue weighted by Crippen LogP contribution is -2.14. The number of halogens is 1. The molecule has 3 rings (SSSR count). The number of aryl methyl sites for hydroxylation is 1. The van der Waals surface area contributed by atoms with Crippen LogP contribution < -0.4 is 5.32 Å². The van der Waals surface area contributed by atoms with Crippen molar-refractivity contribution in [3.05, 3.63) is 77.9 Å². The molecule has 0 aliphatic heterocycles. The zero-order valence-electron chi connectivity index (χ0n) is 13.8. The molecule has 3 aromatic rings. The first-order valence-corrected chi connectivity index (χ1v) is 8.83. The van der Waals surface area contributed by atoms with Crippen molar-refractivity contribution in [2.75, 3.05) is 11.1 Å². The van der Waals surface area contributed by atoms with Crippen LogP contribution in [0.4, 0.5) is 10.1 Å². The lowest BCUT2D eigenvalue weighted by Gasteiger charge is -2.08. The molecule has 0 saturated heterocycles. The van der Waals surface area contributed by atoms with Crippen LogP contribution in [0, 0.1) is 12.7 Å². The van der Waals surface area contributed by atoms with Gasteiger partial charge in [0.1, 0.15) is 5.82 Å². The van der Waals surface area contributed by atoms with Crippen LogP contribution in [-0.4, -0.2) is 21.2 Å². The van der Waals surface area contributed by atoms with Crippen LogP contribution >= 0.6 is 11.8 Å². The largest absolute Gasteiger partial charge is 0.325 e. The minimum absolute atomic E-state index is 0.0769. The minimum Gasteiger partial charge on any atom is -0.325 e. The number of nitrogens with zero attached hydrogens (tertiary/aromatic N) is 2. The predicted octanol–water partition coefficient (Wildman–Crippen LogP) is 4.11. The maximum Gasteiger partial charge on any atom is 0.234 e. The fourth-order valence-corrected chi connectivity index (χ4v) is 3.15. The van der Waals surface area contributed by atoms with Crippen LogP contribution in [0.3, 0.4) is 0 Å². The van der Waals surface area contributed by atoms with Crippen molar-refractivity contribution >= 4 is 23.4 Å². The Morgan fingerprint density at radius 3 is 2.80 bits per heavy atom. The van der Waals surface area contributed by atoms with E-state index < -0.39 is 0 Å². The maximum atomic E-state index is 13.0. The second-order valence-electron chi connectivity index (χ2n) is 5.67. The summed E-state index contributed by atoms with van der Waals surface area (Å²) in [5.41, 5.74) is 2.87. The number of rotatable bonds is 6.